The number of aryl methyl sites for hydroxylation is 3. The lowest BCUT2D eigenvalue weighted by Crippen LogP contribution is -2.02. The van der Waals surface area contributed by atoms with Gasteiger partial charge in [0.05, 0.1) is 4.83 Å². The Morgan fingerprint density at radius 1 is 0.947 bits per heavy atom. The number of halogens is 3. The Balaban J connectivity index is 2.53. The van der Waals surface area contributed by atoms with Crippen LogP contribution in [0.5, 0.6) is 0 Å². The van der Waals surface area contributed by atoms with E-state index in [0.717, 1.165) is 22.8 Å². The van der Waals surface area contributed by atoms with E-state index in [1.165, 1.54) is 17.7 Å². The van der Waals surface area contributed by atoms with E-state index in [2.05, 4.69) is 28.1 Å². The molecule has 0 heterocycles. The molecular formula is C16H15BrF2. The molecule has 2 rings (SSSR count). The van der Waals surface area contributed by atoms with Crippen LogP contribution >= 0.6 is 15.9 Å². The van der Waals surface area contributed by atoms with Crippen molar-refractivity contribution in [1.82, 2.24) is 0 Å². The van der Waals surface area contributed by atoms with Gasteiger partial charge < -0.3 is 0 Å². The fraction of sp³-hybridized carbons (Fsp3) is 0.250. The third kappa shape index (κ3) is 2.86. The first kappa shape index (κ1) is 14.2. The summed E-state index contributed by atoms with van der Waals surface area (Å²) in [5.41, 5.74) is 4.87. The van der Waals surface area contributed by atoms with Gasteiger partial charge in [0.15, 0.2) is 0 Å². The van der Waals surface area contributed by atoms with Crippen LogP contribution in [0.2, 0.25) is 0 Å². The second-order valence-corrected chi connectivity index (χ2v) is 5.76. The maximum atomic E-state index is 13.9. The standard InChI is InChI=1S/C16H15BrF2/c1-9-6-10(2)15(11(3)7-9)16(17)13-5-4-12(18)8-14(13)19/h4-8,16H,1-3H3. The van der Waals surface area contributed by atoms with Crippen LogP contribution in [0.25, 0.3) is 0 Å². The molecule has 0 spiro atoms. The number of benzene rings is 2. The monoisotopic (exact) mass is 324 g/mol. The van der Waals surface area contributed by atoms with E-state index in [0.29, 0.717) is 5.56 Å². The highest BCUT2D eigenvalue weighted by atomic mass is 79.9. The second-order valence-electron chi connectivity index (χ2n) is 4.84. The van der Waals surface area contributed by atoms with Gasteiger partial charge in [-0.05, 0) is 43.5 Å². The third-order valence-electron chi connectivity index (χ3n) is 3.23. The first-order valence-electron chi connectivity index (χ1n) is 6.07. The van der Waals surface area contributed by atoms with Crippen molar-refractivity contribution in [2.24, 2.45) is 0 Å². The lowest BCUT2D eigenvalue weighted by molar-refractivity contribution is 0.574. The minimum atomic E-state index is -0.557. The van der Waals surface area contributed by atoms with Gasteiger partial charge in [0, 0.05) is 11.6 Å². The van der Waals surface area contributed by atoms with E-state index >= 15 is 0 Å². The summed E-state index contributed by atoms with van der Waals surface area (Å²) >= 11 is 3.53. The maximum absolute atomic E-state index is 13.9. The molecule has 0 saturated heterocycles. The number of rotatable bonds is 2. The first-order chi connectivity index (χ1) is 8.90. The Morgan fingerprint density at radius 2 is 1.53 bits per heavy atom. The van der Waals surface area contributed by atoms with Crippen molar-refractivity contribution < 1.29 is 8.78 Å². The van der Waals surface area contributed by atoms with Gasteiger partial charge in [-0.25, -0.2) is 8.78 Å². The highest BCUT2D eigenvalue weighted by molar-refractivity contribution is 9.09. The number of hydrogen-bond acceptors (Lipinski definition) is 0. The zero-order valence-electron chi connectivity index (χ0n) is 11.1. The molecule has 2 aromatic rings. The predicted octanol–water partition coefficient (Wildman–Crippen LogP) is 5.37. The van der Waals surface area contributed by atoms with Gasteiger partial charge in [0.2, 0.25) is 0 Å². The lowest BCUT2D eigenvalue weighted by atomic mass is 9.94. The summed E-state index contributed by atoms with van der Waals surface area (Å²) in [6.07, 6.45) is 0. The largest absolute Gasteiger partial charge is 0.207 e. The van der Waals surface area contributed by atoms with Crippen LogP contribution in [-0.2, 0) is 0 Å². The molecule has 0 saturated carbocycles. The van der Waals surface area contributed by atoms with Crippen molar-refractivity contribution in [3.8, 4) is 0 Å². The average molecular weight is 325 g/mol. The molecule has 0 bridgehead atoms. The molecule has 100 valence electrons. The van der Waals surface area contributed by atoms with Crippen LogP contribution in [0.1, 0.15) is 32.6 Å². The van der Waals surface area contributed by atoms with Crippen molar-refractivity contribution in [3.05, 3.63) is 69.8 Å². The highest BCUT2D eigenvalue weighted by Gasteiger charge is 2.19. The molecule has 0 aromatic heterocycles. The van der Waals surface area contributed by atoms with Gasteiger partial charge in [-0.15, -0.1) is 0 Å². The normalized spacial score (nSPS) is 12.5. The molecular weight excluding hydrogens is 310 g/mol. The smallest absolute Gasteiger partial charge is 0.130 e. The zero-order chi connectivity index (χ0) is 14.2. The first-order valence-corrected chi connectivity index (χ1v) is 6.98. The minimum absolute atomic E-state index is 0.270. The van der Waals surface area contributed by atoms with Crippen LogP contribution in [-0.4, -0.2) is 0 Å². The SMILES string of the molecule is Cc1cc(C)c(C(Br)c2ccc(F)cc2F)c(C)c1. The summed E-state index contributed by atoms with van der Waals surface area (Å²) in [4.78, 5) is -0.270. The summed E-state index contributed by atoms with van der Waals surface area (Å²) in [6, 6.07) is 7.83. The van der Waals surface area contributed by atoms with Crippen molar-refractivity contribution in [2.75, 3.05) is 0 Å². The third-order valence-corrected chi connectivity index (χ3v) is 4.18. The predicted molar refractivity (Wildman–Crippen MR) is 77.8 cm³/mol. The molecule has 19 heavy (non-hydrogen) atoms. The van der Waals surface area contributed by atoms with E-state index < -0.39 is 11.6 Å². The molecule has 0 aliphatic carbocycles. The molecule has 0 aliphatic rings. The number of alkyl halides is 1. The Kier molecular flexibility index (Phi) is 4.04. The van der Waals surface area contributed by atoms with Crippen LogP contribution in [0.15, 0.2) is 30.3 Å². The summed E-state index contributed by atoms with van der Waals surface area (Å²) in [5, 5.41) is 0. The van der Waals surface area contributed by atoms with Gasteiger partial charge in [-0.1, -0.05) is 39.7 Å². The summed E-state index contributed by atoms with van der Waals surface area (Å²) in [7, 11) is 0. The molecule has 3 heteroatoms. The fourth-order valence-electron chi connectivity index (χ4n) is 2.45. The lowest BCUT2D eigenvalue weighted by Gasteiger charge is -2.18. The molecule has 1 unspecified atom stereocenters. The van der Waals surface area contributed by atoms with Crippen molar-refractivity contribution in [2.45, 2.75) is 25.6 Å². The van der Waals surface area contributed by atoms with Gasteiger partial charge in [0.25, 0.3) is 0 Å². The van der Waals surface area contributed by atoms with Crippen LogP contribution in [0.4, 0.5) is 8.78 Å². The van der Waals surface area contributed by atoms with Gasteiger partial charge in [-0.2, -0.15) is 0 Å². The van der Waals surface area contributed by atoms with Gasteiger partial charge >= 0.3 is 0 Å². The summed E-state index contributed by atoms with van der Waals surface area (Å²) in [6.45, 7) is 6.04. The quantitative estimate of drug-likeness (QED) is 0.651. The van der Waals surface area contributed by atoms with E-state index in [9.17, 15) is 8.78 Å². The van der Waals surface area contributed by atoms with Crippen LogP contribution < -0.4 is 0 Å². The molecule has 2 aromatic carbocycles. The van der Waals surface area contributed by atoms with Crippen molar-refractivity contribution in [1.29, 1.82) is 0 Å². The van der Waals surface area contributed by atoms with Crippen LogP contribution in [0, 0.1) is 32.4 Å². The fourth-order valence-corrected chi connectivity index (χ4v) is 3.55. The zero-order valence-corrected chi connectivity index (χ0v) is 12.7. The molecule has 0 amide bonds. The van der Waals surface area contributed by atoms with E-state index in [1.54, 1.807) is 0 Å². The molecule has 0 N–H and O–H groups in total. The number of hydrogen-bond donors (Lipinski definition) is 0. The topological polar surface area (TPSA) is 0 Å². The maximum Gasteiger partial charge on any atom is 0.130 e. The van der Waals surface area contributed by atoms with Gasteiger partial charge in [0.1, 0.15) is 11.6 Å². The Hall–Kier alpha value is -1.22. The summed E-state index contributed by atoms with van der Waals surface area (Å²) in [5.74, 6) is -1.08. The van der Waals surface area contributed by atoms with Gasteiger partial charge in [-0.3, -0.25) is 0 Å². The van der Waals surface area contributed by atoms with Crippen molar-refractivity contribution >= 4 is 15.9 Å². The molecule has 0 radical (unpaired) electrons. The van der Waals surface area contributed by atoms with Crippen molar-refractivity contribution in [3.63, 3.8) is 0 Å². The Morgan fingerprint density at radius 3 is 2.05 bits per heavy atom. The Labute approximate surface area is 120 Å². The van der Waals surface area contributed by atoms with E-state index in [4.69, 9.17) is 0 Å². The summed E-state index contributed by atoms with van der Waals surface area (Å²) < 4.78 is 26.8. The van der Waals surface area contributed by atoms with Crippen LogP contribution in [0.3, 0.4) is 0 Å². The highest BCUT2D eigenvalue weighted by Crippen LogP contribution is 2.36. The minimum Gasteiger partial charge on any atom is -0.207 e. The van der Waals surface area contributed by atoms with E-state index in [-0.39, 0.29) is 4.83 Å². The Bertz CT molecular complexity index is 597. The average Bonchev–Trinajstić information content (AvgIpc) is 2.26. The molecule has 1 atom stereocenters. The molecule has 0 aliphatic heterocycles. The second kappa shape index (κ2) is 5.41. The molecule has 0 nitrogen and oxygen atoms in total. The molecule has 0 fully saturated rings. The van der Waals surface area contributed by atoms with E-state index in [1.807, 2.05) is 20.8 Å².